The largest absolute Gasteiger partial charge is 0.382 e. The van der Waals surface area contributed by atoms with E-state index < -0.39 is 0 Å². The Hall–Kier alpha value is -1.29. The number of hydrogen-bond donors (Lipinski definition) is 2. The number of rotatable bonds is 3. The fourth-order valence-electron chi connectivity index (χ4n) is 1.18. The number of nitrogens with zero attached hydrogens (tertiary/aromatic N) is 1. The predicted molar refractivity (Wildman–Crippen MR) is 61.4 cm³/mol. The van der Waals surface area contributed by atoms with Crippen LogP contribution in [-0.4, -0.2) is 24.0 Å². The number of hydrogen-bond acceptors (Lipinski definition) is 3. The third kappa shape index (κ3) is 3.09. The van der Waals surface area contributed by atoms with E-state index in [0.29, 0.717) is 16.4 Å². The molecule has 0 radical (unpaired) electrons. The van der Waals surface area contributed by atoms with Gasteiger partial charge in [-0.1, -0.05) is 11.6 Å². The molecule has 15 heavy (non-hydrogen) atoms. The fraction of sp³-hybridized carbons (Fsp3) is 0.400. The number of carbonyl (C=O) groups excluding carboxylic acids is 1. The minimum Gasteiger partial charge on any atom is -0.382 e. The highest BCUT2D eigenvalue weighted by atomic mass is 35.5. The zero-order chi connectivity index (χ0) is 11.4. The van der Waals surface area contributed by atoms with E-state index in [4.69, 9.17) is 11.6 Å². The summed E-state index contributed by atoms with van der Waals surface area (Å²) in [5.74, 6) is -0.178. The van der Waals surface area contributed by atoms with Crippen LogP contribution in [0.5, 0.6) is 0 Å². The van der Waals surface area contributed by atoms with Crippen molar-refractivity contribution in [1.82, 2.24) is 10.3 Å². The molecule has 0 saturated heterocycles. The lowest BCUT2D eigenvalue weighted by molar-refractivity contribution is 0.0963. The molecule has 1 aromatic rings. The van der Waals surface area contributed by atoms with Crippen LogP contribution < -0.4 is 10.6 Å². The second-order valence-electron chi connectivity index (χ2n) is 3.43. The minimum absolute atomic E-state index is 0.178. The first kappa shape index (κ1) is 11.8. The number of halogens is 1. The highest BCUT2D eigenvalue weighted by Crippen LogP contribution is 2.19. The molecule has 0 saturated carbocycles. The van der Waals surface area contributed by atoms with Crippen molar-refractivity contribution < 1.29 is 4.79 Å². The van der Waals surface area contributed by atoms with Crippen LogP contribution in [0, 0.1) is 0 Å². The lowest BCUT2D eigenvalue weighted by atomic mass is 10.2. The van der Waals surface area contributed by atoms with Crippen molar-refractivity contribution in [1.29, 1.82) is 0 Å². The summed E-state index contributed by atoms with van der Waals surface area (Å²) in [6.07, 6.45) is 1.46. The molecule has 2 N–H and O–H groups in total. The van der Waals surface area contributed by atoms with E-state index in [1.165, 1.54) is 6.20 Å². The van der Waals surface area contributed by atoms with Crippen molar-refractivity contribution >= 4 is 23.2 Å². The molecule has 0 aliphatic heterocycles. The molecular weight excluding hydrogens is 214 g/mol. The molecule has 1 amide bonds. The quantitative estimate of drug-likeness (QED) is 0.776. The average Bonchev–Trinajstić information content (AvgIpc) is 2.16. The fourth-order valence-corrected chi connectivity index (χ4v) is 1.33. The molecule has 0 atom stereocenters. The van der Waals surface area contributed by atoms with E-state index in [-0.39, 0.29) is 11.9 Å². The Morgan fingerprint density at radius 3 is 2.73 bits per heavy atom. The monoisotopic (exact) mass is 227 g/mol. The third-order valence-corrected chi connectivity index (χ3v) is 1.99. The number of nitrogens with one attached hydrogen (secondary N) is 2. The van der Waals surface area contributed by atoms with Gasteiger partial charge in [-0.2, -0.15) is 0 Å². The van der Waals surface area contributed by atoms with Gasteiger partial charge in [-0.3, -0.25) is 4.79 Å². The van der Waals surface area contributed by atoms with Gasteiger partial charge in [0.05, 0.1) is 11.3 Å². The number of aromatic nitrogens is 1. The van der Waals surface area contributed by atoms with Crippen LogP contribution in [0.25, 0.3) is 0 Å². The van der Waals surface area contributed by atoms with Gasteiger partial charge in [0.15, 0.2) is 0 Å². The maximum atomic E-state index is 11.5. The zero-order valence-electron chi connectivity index (χ0n) is 8.97. The van der Waals surface area contributed by atoms with Crippen LogP contribution in [0.3, 0.4) is 0 Å². The Kier molecular flexibility index (Phi) is 3.91. The van der Waals surface area contributed by atoms with Crippen LogP contribution in [0.4, 0.5) is 5.69 Å². The van der Waals surface area contributed by atoms with Gasteiger partial charge in [0, 0.05) is 19.3 Å². The van der Waals surface area contributed by atoms with Gasteiger partial charge in [-0.05, 0) is 19.9 Å². The summed E-state index contributed by atoms with van der Waals surface area (Å²) in [5.41, 5.74) is 1.19. The van der Waals surface area contributed by atoms with Crippen molar-refractivity contribution in [2.45, 2.75) is 19.9 Å². The summed E-state index contributed by atoms with van der Waals surface area (Å²) >= 11 is 5.77. The number of pyridine rings is 1. The zero-order valence-corrected chi connectivity index (χ0v) is 9.72. The summed E-state index contributed by atoms with van der Waals surface area (Å²) in [6, 6.07) is 1.87. The molecule has 82 valence electrons. The molecule has 0 aromatic carbocycles. The number of anilines is 1. The maximum Gasteiger partial charge on any atom is 0.254 e. The molecule has 0 bridgehead atoms. The number of amides is 1. The van der Waals surface area contributed by atoms with E-state index in [1.54, 1.807) is 13.1 Å². The lowest BCUT2D eigenvalue weighted by Gasteiger charge is -2.13. The summed E-state index contributed by atoms with van der Waals surface area (Å²) in [4.78, 5) is 15.4. The topological polar surface area (TPSA) is 54.0 Å². The Morgan fingerprint density at radius 2 is 2.20 bits per heavy atom. The van der Waals surface area contributed by atoms with Gasteiger partial charge in [-0.25, -0.2) is 4.98 Å². The Bertz CT molecular complexity index is 366. The maximum absolute atomic E-state index is 11.5. The van der Waals surface area contributed by atoms with Crippen LogP contribution in [0.15, 0.2) is 12.3 Å². The first-order valence-corrected chi connectivity index (χ1v) is 5.06. The van der Waals surface area contributed by atoms with E-state index in [2.05, 4.69) is 15.6 Å². The molecular formula is C10H14ClN3O. The highest BCUT2D eigenvalue weighted by molar-refractivity contribution is 6.29. The van der Waals surface area contributed by atoms with Gasteiger partial charge in [0.1, 0.15) is 5.15 Å². The first-order chi connectivity index (χ1) is 7.04. The lowest BCUT2D eigenvalue weighted by Crippen LogP contribution is -2.21. The van der Waals surface area contributed by atoms with Gasteiger partial charge < -0.3 is 10.6 Å². The Labute approximate surface area is 94.0 Å². The van der Waals surface area contributed by atoms with Crippen molar-refractivity contribution in [3.05, 3.63) is 23.0 Å². The van der Waals surface area contributed by atoms with Gasteiger partial charge in [0.2, 0.25) is 0 Å². The van der Waals surface area contributed by atoms with Crippen molar-refractivity contribution in [2.75, 3.05) is 12.4 Å². The molecule has 4 nitrogen and oxygen atoms in total. The van der Waals surface area contributed by atoms with Crippen LogP contribution in [0.1, 0.15) is 24.2 Å². The second-order valence-corrected chi connectivity index (χ2v) is 3.82. The van der Waals surface area contributed by atoms with Crippen molar-refractivity contribution in [3.63, 3.8) is 0 Å². The van der Waals surface area contributed by atoms with Crippen LogP contribution in [0.2, 0.25) is 5.15 Å². The van der Waals surface area contributed by atoms with E-state index in [9.17, 15) is 4.79 Å². The van der Waals surface area contributed by atoms with Crippen molar-refractivity contribution in [2.24, 2.45) is 0 Å². The molecule has 1 aromatic heterocycles. The third-order valence-electron chi connectivity index (χ3n) is 1.79. The molecule has 0 aliphatic rings. The molecule has 0 aliphatic carbocycles. The standard InChI is InChI=1S/C10H14ClN3O/c1-6(2)14-8-4-9(11)13-5-7(8)10(15)12-3/h4-6H,1-3H3,(H,12,15)(H,13,14). The molecule has 0 fully saturated rings. The van der Waals surface area contributed by atoms with Gasteiger partial charge in [-0.15, -0.1) is 0 Å². The van der Waals surface area contributed by atoms with E-state index >= 15 is 0 Å². The normalized spacial score (nSPS) is 10.2. The summed E-state index contributed by atoms with van der Waals surface area (Å²) in [7, 11) is 1.58. The Morgan fingerprint density at radius 1 is 1.53 bits per heavy atom. The second kappa shape index (κ2) is 4.98. The average molecular weight is 228 g/mol. The summed E-state index contributed by atoms with van der Waals surface area (Å²) in [5, 5.41) is 6.06. The molecule has 5 heteroatoms. The minimum atomic E-state index is -0.178. The molecule has 1 rings (SSSR count). The van der Waals surface area contributed by atoms with Crippen LogP contribution >= 0.6 is 11.6 Å². The van der Waals surface area contributed by atoms with Crippen molar-refractivity contribution in [3.8, 4) is 0 Å². The smallest absolute Gasteiger partial charge is 0.254 e. The first-order valence-electron chi connectivity index (χ1n) is 4.68. The van der Waals surface area contributed by atoms with Crippen LogP contribution in [-0.2, 0) is 0 Å². The number of carbonyl (C=O) groups is 1. The molecule has 0 spiro atoms. The summed E-state index contributed by atoms with van der Waals surface area (Å²) in [6.45, 7) is 3.98. The van der Waals surface area contributed by atoms with E-state index in [0.717, 1.165) is 0 Å². The highest BCUT2D eigenvalue weighted by Gasteiger charge is 2.11. The molecule has 0 unspecified atom stereocenters. The SMILES string of the molecule is CNC(=O)c1cnc(Cl)cc1NC(C)C. The van der Waals surface area contributed by atoms with E-state index in [1.807, 2.05) is 13.8 Å². The van der Waals surface area contributed by atoms with Gasteiger partial charge >= 0.3 is 0 Å². The summed E-state index contributed by atoms with van der Waals surface area (Å²) < 4.78 is 0. The predicted octanol–water partition coefficient (Wildman–Crippen LogP) is 1.91. The molecule has 1 heterocycles. The Balaban J connectivity index is 3.08. The van der Waals surface area contributed by atoms with Gasteiger partial charge in [0.25, 0.3) is 5.91 Å².